The van der Waals surface area contributed by atoms with Crippen LogP contribution in [0.2, 0.25) is 0 Å². The van der Waals surface area contributed by atoms with Crippen LogP contribution in [0.25, 0.3) is 89.4 Å². The van der Waals surface area contributed by atoms with Gasteiger partial charge in [-0.1, -0.05) is 88.7 Å². The van der Waals surface area contributed by atoms with Gasteiger partial charge in [-0.05, 0) is 60.7 Å². The van der Waals surface area contributed by atoms with Crippen LogP contribution in [0.5, 0.6) is 0 Å². The number of nitrogens with zero attached hydrogens (tertiary/aromatic N) is 20. The molecule has 0 radical (unpaired) electrons. The fourth-order valence-corrected chi connectivity index (χ4v) is 12.5. The van der Waals surface area contributed by atoms with Gasteiger partial charge in [-0.3, -0.25) is 4.98 Å². The van der Waals surface area contributed by atoms with Crippen LogP contribution in [0.3, 0.4) is 0 Å². The third-order valence-corrected chi connectivity index (χ3v) is 18.0. The molecule has 0 bridgehead atoms. The summed E-state index contributed by atoms with van der Waals surface area (Å²) in [7, 11) is 0. The summed E-state index contributed by atoms with van der Waals surface area (Å²) in [5, 5.41) is 29.9. The van der Waals surface area contributed by atoms with Crippen molar-refractivity contribution in [2.75, 3.05) is 0 Å². The molecule has 12 aromatic heterocycles. The molecule has 0 aliphatic heterocycles. The van der Waals surface area contributed by atoms with E-state index in [0.717, 1.165) is 21.9 Å². The normalized spacial score (nSPS) is 11.0. The number of hydrogen-bond acceptors (Lipinski definition) is 21. The van der Waals surface area contributed by atoms with Crippen molar-refractivity contribution in [2.45, 2.75) is 26.2 Å². The molecule has 0 unspecified atom stereocenters. The Bertz CT molecular complexity index is 5230. The average molecular weight is 1470 g/mol. The minimum Gasteiger partial charge on any atom is -0.253 e. The van der Waals surface area contributed by atoms with Crippen LogP contribution >= 0.6 is 72.6 Å². The molecule has 4 aromatic carbocycles. The van der Waals surface area contributed by atoms with Crippen molar-refractivity contribution < 1.29 is 26.3 Å². The monoisotopic (exact) mass is 1470 g/mol. The maximum atomic E-state index is 14.1. The quantitative estimate of drug-likeness (QED) is 0.0820. The zero-order valence-electron chi connectivity index (χ0n) is 50.2. The third-order valence-electron chi connectivity index (χ3n) is 13.8. The standard InChI is InChI=1S/C17H11BrFN5S.2C17H11F2N5S.C15H10FN5S2/c18-12-5-6-20-14(9-12)16-22-15(17-21-7-8-25-17)23-24(16)10-11-3-1-2-4-13(11)19;18-12-5-6-14(21-9-12)16-22-15(17-20-7-8-25-17)23-24(16)10-11-3-1-2-4-13(11)19;18-12-5-6-14(21-9-12)15-22-16(17-20-7-8-25-17)24(23-15)10-11-3-1-2-4-13(11)19;16-11-4-2-1-3-10(11)7-21-14(15-17-5-6-23-15)19-13(20-21)12-8-22-9-18-12/h3*1-9H,10H2;1-6,8-9H,7H2. The molecule has 0 N–H and O–H groups in total. The molecule has 0 amide bonds. The first kappa shape index (κ1) is 65.7. The second-order valence-electron chi connectivity index (χ2n) is 20.3. The van der Waals surface area contributed by atoms with Crippen molar-refractivity contribution in [3.05, 3.63) is 271 Å². The van der Waals surface area contributed by atoms with E-state index in [1.165, 1.54) is 105 Å². The Morgan fingerprint density at radius 3 is 1.09 bits per heavy atom. The summed E-state index contributed by atoms with van der Waals surface area (Å²) in [4.78, 5) is 51.7. The Balaban J connectivity index is 0.000000118. The lowest BCUT2D eigenvalue weighted by atomic mass is 10.2. The number of rotatable bonds is 16. The first-order valence-corrected chi connectivity index (χ1v) is 34.2. The van der Waals surface area contributed by atoms with Gasteiger partial charge >= 0.3 is 0 Å². The van der Waals surface area contributed by atoms with E-state index in [1.54, 1.807) is 128 Å². The molecule has 32 heteroatoms. The predicted molar refractivity (Wildman–Crippen MR) is 365 cm³/mol. The highest BCUT2D eigenvalue weighted by Crippen LogP contribution is 2.30. The Labute approximate surface area is 580 Å². The Morgan fingerprint density at radius 2 is 0.714 bits per heavy atom. The highest BCUT2D eigenvalue weighted by molar-refractivity contribution is 9.10. The van der Waals surface area contributed by atoms with Gasteiger partial charge in [0, 0.05) is 84.6 Å². The van der Waals surface area contributed by atoms with Crippen molar-refractivity contribution in [3.63, 3.8) is 0 Å². The highest BCUT2D eigenvalue weighted by Gasteiger charge is 2.23. The molecule has 12 heterocycles. The molecule has 0 spiro atoms. The van der Waals surface area contributed by atoms with Gasteiger partial charge in [0.05, 0.1) is 44.1 Å². The van der Waals surface area contributed by atoms with Gasteiger partial charge in [0.2, 0.25) is 17.5 Å². The van der Waals surface area contributed by atoms with Gasteiger partial charge in [-0.2, -0.15) is 0 Å². The fraction of sp³-hybridized carbons (Fsp3) is 0.0606. The fourth-order valence-electron chi connectivity index (χ4n) is 9.26. The van der Waals surface area contributed by atoms with Crippen molar-refractivity contribution in [2.24, 2.45) is 0 Å². The minimum absolute atomic E-state index is 0.180. The smallest absolute Gasteiger partial charge is 0.210 e. The number of pyridine rings is 3. The lowest BCUT2D eigenvalue weighted by Gasteiger charge is -2.06. The third kappa shape index (κ3) is 16.0. The zero-order valence-corrected chi connectivity index (χ0v) is 55.8. The van der Waals surface area contributed by atoms with Gasteiger partial charge in [0.25, 0.3) is 0 Å². The second-order valence-corrected chi connectivity index (χ2v) is 25.6. The lowest BCUT2D eigenvalue weighted by Crippen LogP contribution is -2.06. The molecule has 98 heavy (non-hydrogen) atoms. The first-order valence-electron chi connectivity index (χ1n) is 29.0. The van der Waals surface area contributed by atoms with Gasteiger partial charge in [0.15, 0.2) is 49.2 Å². The van der Waals surface area contributed by atoms with E-state index in [4.69, 9.17) is 0 Å². The summed E-state index contributed by atoms with van der Waals surface area (Å²) in [5.74, 6) is 1.85. The van der Waals surface area contributed by atoms with Crippen molar-refractivity contribution >= 4 is 72.6 Å². The van der Waals surface area contributed by atoms with Gasteiger partial charge in [-0.25, -0.2) is 99.9 Å². The minimum atomic E-state index is -0.441. The number of thiazole rings is 5. The molecule has 0 aliphatic rings. The first-order chi connectivity index (χ1) is 47.9. The van der Waals surface area contributed by atoms with E-state index in [1.807, 2.05) is 39.0 Å². The van der Waals surface area contributed by atoms with Crippen molar-refractivity contribution in [1.82, 2.24) is 98.9 Å². The number of benzene rings is 4. The van der Waals surface area contributed by atoms with Crippen LogP contribution in [0.15, 0.2) is 214 Å². The van der Waals surface area contributed by atoms with E-state index in [9.17, 15) is 26.3 Å². The van der Waals surface area contributed by atoms with Crippen LogP contribution < -0.4 is 0 Å². The van der Waals surface area contributed by atoms with E-state index in [-0.39, 0.29) is 42.9 Å². The SMILES string of the molecule is Fc1ccc(-c2nc(-c3nccs3)n(Cc3ccccc3F)n2)nc1.Fc1ccc(-c2nc(-c3nccs3)nn2Cc2ccccc2F)nc1.Fc1ccccc1Cn1nc(-c2cscn2)nc1-c1nccs1.Fc1ccccc1Cn1nc(-c2nccs2)nc1-c1cc(Br)ccn1. The Morgan fingerprint density at radius 1 is 0.337 bits per heavy atom. The average Bonchev–Trinajstić information content (AvgIpc) is 1.68. The number of aromatic nitrogens is 20. The maximum absolute atomic E-state index is 14.1. The highest BCUT2D eigenvalue weighted by atomic mass is 79.9. The second kappa shape index (κ2) is 30.9. The Kier molecular flexibility index (Phi) is 20.7. The van der Waals surface area contributed by atoms with Crippen LogP contribution in [0.1, 0.15) is 22.3 Å². The molecular formula is C66H43BrF6N20S5. The summed E-state index contributed by atoms with van der Waals surface area (Å²) in [6, 6.07) is 35.5. The van der Waals surface area contributed by atoms with E-state index < -0.39 is 11.6 Å². The van der Waals surface area contributed by atoms with Crippen LogP contribution in [0.4, 0.5) is 26.3 Å². The summed E-state index contributed by atoms with van der Waals surface area (Å²) >= 11 is 10.7. The molecule has 0 aliphatic carbocycles. The molecule has 16 aromatic rings. The summed E-state index contributed by atoms with van der Waals surface area (Å²) < 4.78 is 89.6. The molecule has 0 fully saturated rings. The van der Waals surface area contributed by atoms with E-state index in [0.29, 0.717) is 113 Å². The van der Waals surface area contributed by atoms with Crippen molar-refractivity contribution in [1.29, 1.82) is 0 Å². The van der Waals surface area contributed by atoms with Crippen LogP contribution in [-0.2, 0) is 26.2 Å². The summed E-state index contributed by atoms with van der Waals surface area (Å²) in [6.07, 6.45) is 10.6. The van der Waals surface area contributed by atoms with Gasteiger partial charge < -0.3 is 0 Å². The van der Waals surface area contributed by atoms with Crippen LogP contribution in [-0.4, -0.2) is 98.9 Å². The van der Waals surface area contributed by atoms with E-state index >= 15 is 0 Å². The Hall–Kier alpha value is -10.9. The number of hydrogen-bond donors (Lipinski definition) is 0. The number of halogens is 7. The molecule has 0 saturated carbocycles. The molecular weight excluding hydrogens is 1430 g/mol. The zero-order chi connectivity index (χ0) is 67.3. The topological polar surface area (TPSA) is 226 Å². The van der Waals surface area contributed by atoms with Gasteiger partial charge in [-0.15, -0.1) is 77.1 Å². The lowest BCUT2D eigenvalue weighted by molar-refractivity contribution is 0.586. The largest absolute Gasteiger partial charge is 0.253 e. The van der Waals surface area contributed by atoms with Crippen molar-refractivity contribution in [3.8, 4) is 89.4 Å². The molecule has 486 valence electrons. The maximum Gasteiger partial charge on any atom is 0.210 e. The summed E-state index contributed by atoms with van der Waals surface area (Å²) in [5.41, 5.74) is 6.04. The van der Waals surface area contributed by atoms with Gasteiger partial charge in [0.1, 0.15) is 57.7 Å². The predicted octanol–water partition coefficient (Wildman–Crippen LogP) is 15.7. The summed E-state index contributed by atoms with van der Waals surface area (Å²) in [6.45, 7) is 0.933. The molecule has 0 saturated heterocycles. The van der Waals surface area contributed by atoms with Crippen LogP contribution in [0, 0.1) is 34.9 Å². The van der Waals surface area contributed by atoms with E-state index in [2.05, 4.69) is 96.1 Å². The molecule has 16 rings (SSSR count). The molecule has 20 nitrogen and oxygen atoms in total. The molecule has 0 atom stereocenters.